The lowest BCUT2D eigenvalue weighted by Gasteiger charge is -2.37. The molecule has 1 unspecified atom stereocenters. The van der Waals surface area contributed by atoms with Gasteiger partial charge < -0.3 is 25.5 Å². The van der Waals surface area contributed by atoms with E-state index in [1.54, 1.807) is 12.1 Å². The van der Waals surface area contributed by atoms with Crippen LogP contribution in [0.1, 0.15) is 64.4 Å². The molecule has 204 valence electrons. The van der Waals surface area contributed by atoms with Crippen molar-refractivity contribution < 1.29 is 34.1 Å². The summed E-state index contributed by atoms with van der Waals surface area (Å²) in [6.07, 6.45) is 9.91. The minimum Gasteiger partial charge on any atom is -0.478 e. The number of piperidine rings is 1. The van der Waals surface area contributed by atoms with E-state index in [9.17, 15) is 23.9 Å². The molecule has 8 nitrogen and oxygen atoms in total. The third-order valence-corrected chi connectivity index (χ3v) is 6.87. The van der Waals surface area contributed by atoms with Crippen molar-refractivity contribution in [3.8, 4) is 0 Å². The molecular weight excluding hydrogens is 479 g/mol. The molecule has 1 heterocycles. The Hall–Kier alpha value is -3.04. The number of allylic oxidation sites excluding steroid dienone is 1. The maximum absolute atomic E-state index is 13.4. The van der Waals surface area contributed by atoms with Gasteiger partial charge in [0.15, 0.2) is 5.60 Å². The summed E-state index contributed by atoms with van der Waals surface area (Å²) in [5, 5.41) is 30.3. The first-order chi connectivity index (χ1) is 17.5. The molecular formula is C28H39FN2O6. The third kappa shape index (κ3) is 9.74. The molecule has 1 aliphatic carbocycles. The predicted octanol–water partition coefficient (Wildman–Crippen LogP) is 3.85. The van der Waals surface area contributed by atoms with Crippen molar-refractivity contribution in [2.24, 2.45) is 5.92 Å². The zero-order valence-electron chi connectivity index (χ0n) is 21.7. The summed E-state index contributed by atoms with van der Waals surface area (Å²) in [6, 6.07) is 5.84. The van der Waals surface area contributed by atoms with Crippen LogP contribution in [0.15, 0.2) is 48.1 Å². The zero-order chi connectivity index (χ0) is 27.4. The molecule has 0 aromatic heterocycles. The van der Waals surface area contributed by atoms with E-state index in [2.05, 4.69) is 30.1 Å². The van der Waals surface area contributed by atoms with Gasteiger partial charge in [0, 0.05) is 43.7 Å². The van der Waals surface area contributed by atoms with Gasteiger partial charge in [-0.15, -0.1) is 0 Å². The van der Waals surface area contributed by atoms with E-state index < -0.39 is 17.5 Å². The Morgan fingerprint density at radius 2 is 1.54 bits per heavy atom. The van der Waals surface area contributed by atoms with Gasteiger partial charge in [0.1, 0.15) is 5.82 Å². The number of hydrogen-bond acceptors (Lipinski definition) is 5. The zero-order valence-corrected chi connectivity index (χ0v) is 21.7. The number of carboxylic acids is 2. The highest BCUT2D eigenvalue weighted by Gasteiger charge is 2.47. The molecule has 2 aliphatic rings. The van der Waals surface area contributed by atoms with E-state index in [0.717, 1.165) is 64.6 Å². The smallest absolute Gasteiger partial charge is 0.328 e. The van der Waals surface area contributed by atoms with E-state index in [1.165, 1.54) is 17.7 Å². The van der Waals surface area contributed by atoms with Crippen molar-refractivity contribution in [2.75, 3.05) is 19.6 Å². The van der Waals surface area contributed by atoms with Crippen LogP contribution >= 0.6 is 0 Å². The molecule has 1 aromatic rings. The van der Waals surface area contributed by atoms with Crippen molar-refractivity contribution in [1.29, 1.82) is 0 Å². The fraction of sp³-hybridized carbons (Fsp3) is 0.536. The fourth-order valence-electron chi connectivity index (χ4n) is 4.87. The first-order valence-corrected chi connectivity index (χ1v) is 12.8. The summed E-state index contributed by atoms with van der Waals surface area (Å²) in [5.74, 6) is -3.31. The van der Waals surface area contributed by atoms with E-state index in [1.807, 2.05) is 0 Å². The molecule has 1 aliphatic heterocycles. The summed E-state index contributed by atoms with van der Waals surface area (Å²) in [4.78, 5) is 34.8. The molecule has 3 rings (SSSR count). The standard InChI is InChI=1S/C24H35FN2O2.C4H4O4/c1-18(2)6-5-15-27-16-13-22(14-17-27)26-23(28)24(29,19-7-3-4-8-19)20-9-11-21(25)12-10-20;5-3(6)1-2-4(7)8/h6,9-12,19,22,29H,3-5,7-8,13-17H2,1-2H3,(H,26,28);1-2H,(H,5,6)(H,7,8)/b;2-1+. The lowest BCUT2D eigenvalue weighted by atomic mass is 9.79. The molecule has 1 atom stereocenters. The van der Waals surface area contributed by atoms with Gasteiger partial charge in [-0.3, -0.25) is 4.79 Å². The summed E-state index contributed by atoms with van der Waals surface area (Å²) >= 11 is 0. The molecule has 0 radical (unpaired) electrons. The van der Waals surface area contributed by atoms with Crippen LogP contribution in [0, 0.1) is 11.7 Å². The van der Waals surface area contributed by atoms with Gasteiger partial charge in [0.25, 0.3) is 5.91 Å². The largest absolute Gasteiger partial charge is 0.478 e. The van der Waals surface area contributed by atoms with Crippen molar-refractivity contribution in [2.45, 2.75) is 70.4 Å². The lowest BCUT2D eigenvalue weighted by Crippen LogP contribution is -2.54. The molecule has 1 saturated carbocycles. The SMILES string of the molecule is CC(C)=CCCN1CCC(NC(=O)C(O)(c2ccc(F)cc2)C2CCCC2)CC1.O=C(O)/C=C/C(=O)O. The first kappa shape index (κ1) is 30.2. The van der Waals surface area contributed by atoms with E-state index in [-0.39, 0.29) is 23.7 Å². The summed E-state index contributed by atoms with van der Waals surface area (Å²) in [5.41, 5.74) is 0.270. The predicted molar refractivity (Wildman–Crippen MR) is 138 cm³/mol. The molecule has 0 spiro atoms. The topological polar surface area (TPSA) is 127 Å². The van der Waals surface area contributed by atoms with Crippen LogP contribution in [0.5, 0.6) is 0 Å². The van der Waals surface area contributed by atoms with Gasteiger partial charge in [-0.25, -0.2) is 14.0 Å². The number of halogens is 1. The van der Waals surface area contributed by atoms with Crippen molar-refractivity contribution >= 4 is 17.8 Å². The lowest BCUT2D eigenvalue weighted by molar-refractivity contribution is -0.148. The second kappa shape index (κ2) is 14.6. The molecule has 1 aromatic carbocycles. The van der Waals surface area contributed by atoms with Crippen LogP contribution in [-0.2, 0) is 20.0 Å². The number of benzene rings is 1. The Morgan fingerprint density at radius 3 is 2.03 bits per heavy atom. The Bertz CT molecular complexity index is 943. The van der Waals surface area contributed by atoms with Gasteiger partial charge in [0.05, 0.1) is 0 Å². The maximum Gasteiger partial charge on any atom is 0.328 e. The molecule has 4 N–H and O–H groups in total. The van der Waals surface area contributed by atoms with Crippen LogP contribution in [0.3, 0.4) is 0 Å². The fourth-order valence-corrected chi connectivity index (χ4v) is 4.87. The van der Waals surface area contributed by atoms with Gasteiger partial charge in [-0.05, 0) is 63.6 Å². The van der Waals surface area contributed by atoms with Crippen LogP contribution in [0.4, 0.5) is 4.39 Å². The Kier molecular flexibility index (Phi) is 11.9. The van der Waals surface area contributed by atoms with Crippen molar-refractivity contribution in [3.63, 3.8) is 0 Å². The minimum atomic E-state index is -1.58. The first-order valence-electron chi connectivity index (χ1n) is 12.8. The highest BCUT2D eigenvalue weighted by molar-refractivity contribution is 5.89. The normalized spacial score (nSPS) is 18.5. The summed E-state index contributed by atoms with van der Waals surface area (Å²) < 4.78 is 13.4. The average molecular weight is 519 g/mol. The number of hydrogen-bond donors (Lipinski definition) is 4. The monoisotopic (exact) mass is 518 g/mol. The Balaban J connectivity index is 0.000000521. The number of carboxylic acid groups (broad SMARTS) is 2. The third-order valence-electron chi connectivity index (χ3n) is 6.87. The maximum atomic E-state index is 13.4. The number of amides is 1. The van der Waals surface area contributed by atoms with Crippen molar-refractivity contribution in [3.05, 3.63) is 59.4 Å². The van der Waals surface area contributed by atoms with Gasteiger partial charge in [-0.2, -0.15) is 0 Å². The number of nitrogens with one attached hydrogen (secondary N) is 1. The van der Waals surface area contributed by atoms with Crippen LogP contribution < -0.4 is 5.32 Å². The van der Waals surface area contributed by atoms with Crippen molar-refractivity contribution in [1.82, 2.24) is 10.2 Å². The van der Waals surface area contributed by atoms with Crippen LogP contribution in [0.25, 0.3) is 0 Å². The number of nitrogens with zero attached hydrogens (tertiary/aromatic N) is 1. The average Bonchev–Trinajstić information content (AvgIpc) is 3.39. The number of aliphatic hydroxyl groups is 1. The second-order valence-corrected chi connectivity index (χ2v) is 9.92. The highest BCUT2D eigenvalue weighted by Crippen LogP contribution is 2.41. The molecule has 1 amide bonds. The number of carbonyl (C=O) groups excluding carboxylic acids is 1. The highest BCUT2D eigenvalue weighted by atomic mass is 19.1. The number of aliphatic carboxylic acids is 2. The molecule has 1 saturated heterocycles. The van der Waals surface area contributed by atoms with E-state index >= 15 is 0 Å². The molecule has 2 fully saturated rings. The molecule has 9 heteroatoms. The minimum absolute atomic E-state index is 0.0792. The van der Waals surface area contributed by atoms with Gasteiger partial charge >= 0.3 is 11.9 Å². The van der Waals surface area contributed by atoms with Crippen LogP contribution in [-0.4, -0.2) is 63.7 Å². The van der Waals surface area contributed by atoms with Gasteiger partial charge in [-0.1, -0.05) is 36.6 Å². The summed E-state index contributed by atoms with van der Waals surface area (Å²) in [6.45, 7) is 7.20. The van der Waals surface area contributed by atoms with E-state index in [4.69, 9.17) is 10.2 Å². The number of carbonyl (C=O) groups is 3. The van der Waals surface area contributed by atoms with Crippen LogP contribution in [0.2, 0.25) is 0 Å². The molecule has 37 heavy (non-hydrogen) atoms. The number of rotatable bonds is 9. The molecule has 0 bridgehead atoms. The quantitative estimate of drug-likeness (QED) is 0.289. The van der Waals surface area contributed by atoms with Gasteiger partial charge in [0.2, 0.25) is 0 Å². The van der Waals surface area contributed by atoms with E-state index in [0.29, 0.717) is 17.7 Å². The Labute approximate surface area is 217 Å². The Morgan fingerprint density at radius 1 is 1.00 bits per heavy atom. The summed E-state index contributed by atoms with van der Waals surface area (Å²) in [7, 11) is 0. The second-order valence-electron chi connectivity index (χ2n) is 9.92. The number of likely N-dealkylation sites (tertiary alicyclic amines) is 1.